The molecule has 4 heteroatoms. The van der Waals surface area contributed by atoms with Gasteiger partial charge in [-0.05, 0) is 6.92 Å². The van der Waals surface area contributed by atoms with Crippen LogP contribution in [0.25, 0.3) is 11.3 Å². The minimum Gasteiger partial charge on any atom is -0.284 e. The number of fused-ring (bicyclic) bond motifs is 1. The average Bonchev–Trinajstić information content (AvgIpc) is 2.73. The van der Waals surface area contributed by atoms with Gasteiger partial charge in [0.25, 0.3) is 5.56 Å². The van der Waals surface area contributed by atoms with Crippen LogP contribution in [0, 0.1) is 0 Å². The Hall–Kier alpha value is -1.55. The van der Waals surface area contributed by atoms with Gasteiger partial charge in [-0.15, -0.1) is 0 Å². The molecule has 0 aliphatic carbocycles. The summed E-state index contributed by atoms with van der Waals surface area (Å²) in [5.41, 5.74) is 1.81. The van der Waals surface area contributed by atoms with Gasteiger partial charge in [-0.25, -0.2) is 4.98 Å². The molecular weight excluding hydrogens is 232 g/mol. The van der Waals surface area contributed by atoms with Crippen LogP contribution in [0.15, 0.2) is 46.3 Å². The standard InChI is InChI=1S/C13H12N2OS/c1-9-8-17-13-14-11(7-12(16)15(9)13)10-5-3-2-4-6-10/h2-7,9H,8H2,1H3. The van der Waals surface area contributed by atoms with E-state index in [1.54, 1.807) is 22.4 Å². The van der Waals surface area contributed by atoms with Crippen molar-refractivity contribution in [3.8, 4) is 11.3 Å². The highest BCUT2D eigenvalue weighted by Crippen LogP contribution is 2.30. The molecule has 1 aliphatic heterocycles. The van der Waals surface area contributed by atoms with Gasteiger partial charge in [0.2, 0.25) is 0 Å². The third kappa shape index (κ3) is 1.78. The zero-order valence-electron chi connectivity index (χ0n) is 9.46. The first-order valence-corrected chi connectivity index (χ1v) is 6.56. The smallest absolute Gasteiger partial charge is 0.255 e. The molecule has 0 saturated heterocycles. The molecule has 86 valence electrons. The van der Waals surface area contributed by atoms with Crippen molar-refractivity contribution in [3.05, 3.63) is 46.8 Å². The number of benzene rings is 1. The third-order valence-corrected chi connectivity index (χ3v) is 4.08. The van der Waals surface area contributed by atoms with Crippen molar-refractivity contribution in [2.24, 2.45) is 0 Å². The largest absolute Gasteiger partial charge is 0.284 e. The first-order chi connectivity index (χ1) is 8.25. The maximum atomic E-state index is 12.0. The van der Waals surface area contributed by atoms with Gasteiger partial charge in [-0.3, -0.25) is 9.36 Å². The lowest BCUT2D eigenvalue weighted by Gasteiger charge is -2.08. The van der Waals surface area contributed by atoms with E-state index in [1.807, 2.05) is 30.3 Å². The van der Waals surface area contributed by atoms with Crippen LogP contribution in [0.2, 0.25) is 0 Å². The lowest BCUT2D eigenvalue weighted by molar-refractivity contribution is 0.544. The molecule has 0 radical (unpaired) electrons. The second kappa shape index (κ2) is 4.04. The van der Waals surface area contributed by atoms with Crippen LogP contribution < -0.4 is 5.56 Å². The fraction of sp³-hybridized carbons (Fsp3) is 0.231. The molecule has 17 heavy (non-hydrogen) atoms. The summed E-state index contributed by atoms with van der Waals surface area (Å²) in [5, 5.41) is 0.837. The molecule has 1 aromatic heterocycles. The Labute approximate surface area is 104 Å². The van der Waals surface area contributed by atoms with E-state index in [1.165, 1.54) is 0 Å². The summed E-state index contributed by atoms with van der Waals surface area (Å²) in [6, 6.07) is 11.7. The molecule has 2 heterocycles. The normalized spacial score (nSPS) is 18.1. The van der Waals surface area contributed by atoms with E-state index >= 15 is 0 Å². The molecule has 1 unspecified atom stereocenters. The zero-order valence-corrected chi connectivity index (χ0v) is 10.3. The van der Waals surface area contributed by atoms with Crippen LogP contribution in [0.3, 0.4) is 0 Å². The van der Waals surface area contributed by atoms with Gasteiger partial charge >= 0.3 is 0 Å². The summed E-state index contributed by atoms with van der Waals surface area (Å²) in [4.78, 5) is 16.6. The minimum atomic E-state index is 0.0475. The Balaban J connectivity index is 2.17. The lowest BCUT2D eigenvalue weighted by Crippen LogP contribution is -2.22. The van der Waals surface area contributed by atoms with Gasteiger partial charge in [0, 0.05) is 23.4 Å². The van der Waals surface area contributed by atoms with Crippen molar-refractivity contribution in [2.45, 2.75) is 18.1 Å². The molecule has 3 nitrogen and oxygen atoms in total. The maximum absolute atomic E-state index is 12.0. The first kappa shape index (κ1) is 10.6. The van der Waals surface area contributed by atoms with E-state index in [2.05, 4.69) is 11.9 Å². The molecule has 0 spiro atoms. The lowest BCUT2D eigenvalue weighted by atomic mass is 10.1. The summed E-state index contributed by atoms with van der Waals surface area (Å²) in [6.45, 7) is 2.05. The number of thioether (sulfide) groups is 1. The van der Waals surface area contributed by atoms with E-state index < -0.39 is 0 Å². The number of rotatable bonds is 1. The van der Waals surface area contributed by atoms with Crippen LogP contribution in [0.1, 0.15) is 13.0 Å². The topological polar surface area (TPSA) is 34.9 Å². The molecule has 1 aromatic carbocycles. The summed E-state index contributed by atoms with van der Waals surface area (Å²) >= 11 is 1.65. The van der Waals surface area contributed by atoms with Gasteiger partial charge in [-0.1, -0.05) is 42.1 Å². The highest BCUT2D eigenvalue weighted by molar-refractivity contribution is 7.99. The van der Waals surface area contributed by atoms with E-state index in [9.17, 15) is 4.79 Å². The van der Waals surface area contributed by atoms with Gasteiger partial charge < -0.3 is 0 Å². The van der Waals surface area contributed by atoms with Crippen molar-refractivity contribution in [1.82, 2.24) is 9.55 Å². The number of aromatic nitrogens is 2. The Bertz CT molecular complexity index is 607. The molecule has 1 aliphatic rings. The maximum Gasteiger partial charge on any atom is 0.255 e. The van der Waals surface area contributed by atoms with Gasteiger partial charge in [-0.2, -0.15) is 0 Å². The van der Waals surface area contributed by atoms with Crippen molar-refractivity contribution in [2.75, 3.05) is 5.75 Å². The quantitative estimate of drug-likeness (QED) is 0.723. The SMILES string of the molecule is CC1CSc2nc(-c3ccccc3)cc(=O)n21. The molecule has 0 saturated carbocycles. The Morgan fingerprint density at radius 1 is 1.35 bits per heavy atom. The summed E-state index contributed by atoms with van der Waals surface area (Å²) in [6.07, 6.45) is 0. The van der Waals surface area contributed by atoms with Gasteiger partial charge in [0.1, 0.15) is 0 Å². The second-order valence-corrected chi connectivity index (χ2v) is 5.15. The molecule has 1 atom stereocenters. The number of hydrogen-bond acceptors (Lipinski definition) is 3. The van der Waals surface area contributed by atoms with Crippen LogP contribution in [-0.2, 0) is 0 Å². The third-order valence-electron chi connectivity index (χ3n) is 2.88. The monoisotopic (exact) mass is 244 g/mol. The first-order valence-electron chi connectivity index (χ1n) is 5.57. The van der Waals surface area contributed by atoms with E-state index in [0.717, 1.165) is 22.2 Å². The molecule has 3 rings (SSSR count). The fourth-order valence-corrected chi connectivity index (χ4v) is 3.12. The molecule has 0 N–H and O–H groups in total. The molecule has 2 aromatic rings. The van der Waals surface area contributed by atoms with Crippen LogP contribution in [0.5, 0.6) is 0 Å². The highest BCUT2D eigenvalue weighted by atomic mass is 32.2. The molecule has 0 bridgehead atoms. The fourth-order valence-electron chi connectivity index (χ4n) is 2.00. The second-order valence-electron chi connectivity index (χ2n) is 4.16. The molecule has 0 amide bonds. The van der Waals surface area contributed by atoms with Crippen molar-refractivity contribution >= 4 is 11.8 Å². The predicted molar refractivity (Wildman–Crippen MR) is 69.4 cm³/mol. The Morgan fingerprint density at radius 3 is 2.88 bits per heavy atom. The summed E-state index contributed by atoms with van der Waals surface area (Å²) in [5.74, 6) is 0.931. The van der Waals surface area contributed by atoms with Crippen molar-refractivity contribution < 1.29 is 0 Å². The van der Waals surface area contributed by atoms with Crippen LogP contribution in [0.4, 0.5) is 0 Å². The van der Waals surface area contributed by atoms with Gasteiger partial charge in [0.15, 0.2) is 5.16 Å². The Morgan fingerprint density at radius 2 is 2.12 bits per heavy atom. The van der Waals surface area contributed by atoms with Gasteiger partial charge in [0.05, 0.1) is 5.69 Å². The Kier molecular flexibility index (Phi) is 2.52. The number of nitrogens with zero attached hydrogens (tertiary/aromatic N) is 2. The predicted octanol–water partition coefficient (Wildman–Crippen LogP) is 2.58. The number of hydrogen-bond donors (Lipinski definition) is 0. The summed E-state index contributed by atoms with van der Waals surface area (Å²) < 4.78 is 1.77. The average molecular weight is 244 g/mol. The van der Waals surface area contributed by atoms with E-state index in [-0.39, 0.29) is 11.6 Å². The zero-order chi connectivity index (χ0) is 11.8. The molecule has 0 fully saturated rings. The van der Waals surface area contributed by atoms with Crippen molar-refractivity contribution in [1.29, 1.82) is 0 Å². The van der Waals surface area contributed by atoms with Crippen LogP contribution in [-0.4, -0.2) is 15.3 Å². The minimum absolute atomic E-state index is 0.0475. The highest BCUT2D eigenvalue weighted by Gasteiger charge is 2.21. The van der Waals surface area contributed by atoms with Crippen LogP contribution >= 0.6 is 11.8 Å². The van der Waals surface area contributed by atoms with E-state index in [4.69, 9.17) is 0 Å². The summed E-state index contributed by atoms with van der Waals surface area (Å²) in [7, 11) is 0. The van der Waals surface area contributed by atoms with Crippen molar-refractivity contribution in [3.63, 3.8) is 0 Å². The molecular formula is C13H12N2OS. The van der Waals surface area contributed by atoms with E-state index in [0.29, 0.717) is 0 Å².